The van der Waals surface area contributed by atoms with E-state index in [1.165, 1.54) is 0 Å². The molecule has 3 nitrogen and oxygen atoms in total. The van der Waals surface area contributed by atoms with Crippen LogP contribution in [-0.2, 0) is 4.79 Å². The molecule has 0 unspecified atom stereocenters. The van der Waals surface area contributed by atoms with Crippen molar-refractivity contribution < 1.29 is 4.79 Å². The van der Waals surface area contributed by atoms with Gasteiger partial charge in [0.1, 0.15) is 0 Å². The zero-order valence-corrected chi connectivity index (χ0v) is 12.0. The molecule has 1 aliphatic rings. The summed E-state index contributed by atoms with van der Waals surface area (Å²) in [6.45, 7) is 0. The molecule has 1 aliphatic carbocycles. The molecule has 1 aromatic heterocycles. The Labute approximate surface area is 122 Å². The van der Waals surface area contributed by atoms with E-state index in [0.29, 0.717) is 6.42 Å². The average Bonchev–Trinajstić information content (AvgIpc) is 2.96. The van der Waals surface area contributed by atoms with Gasteiger partial charge in [0.25, 0.3) is 0 Å². The first-order valence-corrected chi connectivity index (χ1v) is 7.70. The van der Waals surface area contributed by atoms with Crippen molar-refractivity contribution in [2.75, 3.05) is 5.32 Å². The Bertz CT molecular complexity index is 631. The van der Waals surface area contributed by atoms with Crippen molar-refractivity contribution in [1.29, 1.82) is 0 Å². The summed E-state index contributed by atoms with van der Waals surface area (Å²) in [6, 6.07) is 10.1. The number of carbonyl (C=O) groups is 1. The van der Waals surface area contributed by atoms with Crippen LogP contribution in [0.3, 0.4) is 0 Å². The molecule has 0 atom stereocenters. The summed E-state index contributed by atoms with van der Waals surface area (Å²) in [5.74, 6) is 0.267. The Morgan fingerprint density at radius 2 is 1.95 bits per heavy atom. The molecular formula is C16H16N2OS. The summed E-state index contributed by atoms with van der Waals surface area (Å²) in [6.07, 6.45) is 5.51. The molecular weight excluding hydrogens is 268 g/mol. The minimum Gasteiger partial charge on any atom is -0.338 e. The van der Waals surface area contributed by atoms with E-state index in [9.17, 15) is 4.79 Å². The van der Waals surface area contributed by atoms with E-state index < -0.39 is 0 Å². The maximum Gasteiger partial charge on any atom is 0.187 e. The number of hydrogen-bond donors (Lipinski definition) is 1. The van der Waals surface area contributed by atoms with Crippen molar-refractivity contribution in [2.45, 2.75) is 25.7 Å². The van der Waals surface area contributed by atoms with Crippen molar-refractivity contribution in [3.63, 3.8) is 0 Å². The lowest BCUT2D eigenvalue weighted by Crippen LogP contribution is -2.09. The van der Waals surface area contributed by atoms with Gasteiger partial charge in [0.15, 0.2) is 10.9 Å². The highest BCUT2D eigenvalue weighted by Gasteiger charge is 2.14. The molecule has 0 spiro atoms. The summed E-state index contributed by atoms with van der Waals surface area (Å²) in [5.41, 5.74) is 2.97. The lowest BCUT2D eigenvalue weighted by Gasteiger charge is -2.12. The highest BCUT2D eigenvalue weighted by Crippen LogP contribution is 2.25. The van der Waals surface area contributed by atoms with Crippen LogP contribution >= 0.6 is 11.3 Å². The van der Waals surface area contributed by atoms with Crippen molar-refractivity contribution in [3.05, 3.63) is 47.5 Å². The van der Waals surface area contributed by atoms with Gasteiger partial charge in [-0.05, 0) is 19.3 Å². The van der Waals surface area contributed by atoms with Gasteiger partial charge in [0.05, 0.1) is 5.69 Å². The number of carbonyl (C=O) groups excluding carboxylic acids is 1. The molecule has 0 saturated heterocycles. The first-order valence-electron chi connectivity index (χ1n) is 6.82. The highest BCUT2D eigenvalue weighted by molar-refractivity contribution is 7.14. The van der Waals surface area contributed by atoms with Gasteiger partial charge in [0.2, 0.25) is 0 Å². The fourth-order valence-corrected chi connectivity index (χ4v) is 2.97. The number of hydrogen-bond acceptors (Lipinski definition) is 4. The van der Waals surface area contributed by atoms with Gasteiger partial charge in [-0.25, -0.2) is 4.98 Å². The van der Waals surface area contributed by atoms with Crippen LogP contribution in [0.5, 0.6) is 0 Å². The minimum absolute atomic E-state index is 0.267. The van der Waals surface area contributed by atoms with Gasteiger partial charge in [0, 0.05) is 29.1 Å². The number of nitrogens with zero attached hydrogens (tertiary/aromatic N) is 1. The van der Waals surface area contributed by atoms with Gasteiger partial charge >= 0.3 is 0 Å². The van der Waals surface area contributed by atoms with E-state index in [1.54, 1.807) is 11.3 Å². The number of rotatable bonds is 3. The number of aromatic nitrogens is 1. The van der Waals surface area contributed by atoms with E-state index in [2.05, 4.69) is 10.3 Å². The molecule has 2 aromatic rings. The van der Waals surface area contributed by atoms with Gasteiger partial charge in [-0.3, -0.25) is 4.79 Å². The van der Waals surface area contributed by atoms with Gasteiger partial charge in [-0.15, -0.1) is 11.3 Å². The van der Waals surface area contributed by atoms with Gasteiger partial charge in [-0.1, -0.05) is 30.3 Å². The summed E-state index contributed by atoms with van der Waals surface area (Å²) < 4.78 is 0. The third-order valence-corrected chi connectivity index (χ3v) is 4.18. The van der Waals surface area contributed by atoms with E-state index in [0.717, 1.165) is 41.2 Å². The molecule has 3 rings (SSSR count). The van der Waals surface area contributed by atoms with Crippen LogP contribution in [0.25, 0.3) is 11.3 Å². The molecule has 0 bridgehead atoms. The summed E-state index contributed by atoms with van der Waals surface area (Å²) in [4.78, 5) is 16.3. The second-order valence-electron chi connectivity index (χ2n) is 4.85. The number of benzene rings is 1. The van der Waals surface area contributed by atoms with E-state index in [-0.39, 0.29) is 5.78 Å². The number of ketones is 1. The fourth-order valence-electron chi connectivity index (χ4n) is 2.28. The first-order chi connectivity index (χ1) is 9.83. The third kappa shape index (κ3) is 2.96. The number of anilines is 1. The molecule has 1 aromatic carbocycles. The monoisotopic (exact) mass is 284 g/mol. The van der Waals surface area contributed by atoms with Crippen LogP contribution in [0.15, 0.2) is 47.5 Å². The zero-order chi connectivity index (χ0) is 13.8. The Morgan fingerprint density at radius 1 is 1.15 bits per heavy atom. The van der Waals surface area contributed by atoms with Crippen molar-refractivity contribution in [2.24, 2.45) is 0 Å². The van der Waals surface area contributed by atoms with Crippen LogP contribution < -0.4 is 5.32 Å². The summed E-state index contributed by atoms with van der Waals surface area (Å²) >= 11 is 1.56. The average molecular weight is 284 g/mol. The molecule has 1 heterocycles. The SMILES string of the molecule is O=C1CCCC/C1=C\Nc1nc(-c2ccccc2)cs1. The number of nitrogens with one attached hydrogen (secondary N) is 1. The number of thiazole rings is 1. The zero-order valence-electron chi connectivity index (χ0n) is 11.1. The second kappa shape index (κ2) is 6.01. The second-order valence-corrected chi connectivity index (χ2v) is 5.71. The number of Topliss-reactive ketones (excluding diaryl/α,β-unsaturated/α-hetero) is 1. The molecule has 0 amide bonds. The quantitative estimate of drug-likeness (QED) is 0.857. The van der Waals surface area contributed by atoms with Crippen LogP contribution in [0.1, 0.15) is 25.7 Å². The molecule has 20 heavy (non-hydrogen) atoms. The molecule has 1 saturated carbocycles. The van der Waals surface area contributed by atoms with Gasteiger partial charge < -0.3 is 5.32 Å². The first kappa shape index (κ1) is 13.1. The van der Waals surface area contributed by atoms with E-state index in [4.69, 9.17) is 0 Å². The Hall–Kier alpha value is -1.94. The molecule has 0 aliphatic heterocycles. The molecule has 102 valence electrons. The topological polar surface area (TPSA) is 42.0 Å². The predicted octanol–water partition coefficient (Wildman–Crippen LogP) is 4.25. The van der Waals surface area contributed by atoms with E-state index >= 15 is 0 Å². The highest BCUT2D eigenvalue weighted by atomic mass is 32.1. The Kier molecular flexibility index (Phi) is 3.92. The lowest BCUT2D eigenvalue weighted by atomic mass is 9.94. The fraction of sp³-hybridized carbons (Fsp3) is 0.250. The summed E-state index contributed by atoms with van der Waals surface area (Å²) in [7, 11) is 0. The van der Waals surface area contributed by atoms with E-state index in [1.807, 2.05) is 41.9 Å². The Balaban J connectivity index is 1.72. The molecule has 4 heteroatoms. The maximum absolute atomic E-state index is 11.7. The largest absolute Gasteiger partial charge is 0.338 e. The van der Waals surface area contributed by atoms with Crippen LogP contribution in [-0.4, -0.2) is 10.8 Å². The normalized spacial score (nSPS) is 17.4. The predicted molar refractivity (Wildman–Crippen MR) is 82.7 cm³/mol. The van der Waals surface area contributed by atoms with Crippen molar-refractivity contribution >= 4 is 22.3 Å². The smallest absolute Gasteiger partial charge is 0.187 e. The minimum atomic E-state index is 0.267. The van der Waals surface area contributed by atoms with Crippen LogP contribution in [0.4, 0.5) is 5.13 Å². The van der Waals surface area contributed by atoms with Crippen molar-refractivity contribution in [3.8, 4) is 11.3 Å². The van der Waals surface area contributed by atoms with Crippen molar-refractivity contribution in [1.82, 2.24) is 4.98 Å². The summed E-state index contributed by atoms with van der Waals surface area (Å²) in [5, 5.41) is 6.01. The lowest BCUT2D eigenvalue weighted by molar-refractivity contribution is -0.116. The Morgan fingerprint density at radius 3 is 2.75 bits per heavy atom. The van der Waals surface area contributed by atoms with Crippen LogP contribution in [0.2, 0.25) is 0 Å². The molecule has 1 fully saturated rings. The van der Waals surface area contributed by atoms with Crippen LogP contribution in [0, 0.1) is 0 Å². The third-order valence-electron chi connectivity index (χ3n) is 3.40. The maximum atomic E-state index is 11.7. The van der Waals surface area contributed by atoms with Gasteiger partial charge in [-0.2, -0.15) is 0 Å². The molecule has 0 radical (unpaired) electrons. The standard InChI is InChI=1S/C16H16N2OS/c19-15-9-5-4-8-13(15)10-17-16-18-14(11-20-16)12-6-2-1-3-7-12/h1-3,6-7,10-11H,4-5,8-9H2,(H,17,18)/b13-10+. The number of allylic oxidation sites excluding steroid dienone is 1. The molecule has 1 N–H and O–H groups in total.